The van der Waals surface area contributed by atoms with Gasteiger partial charge in [0.05, 0.1) is 12.1 Å². The second-order valence-corrected chi connectivity index (χ2v) is 5.33. The molecule has 1 saturated heterocycles. The number of benzene rings is 1. The molecular weight excluding hydrogens is 264 g/mol. The lowest BCUT2D eigenvalue weighted by Gasteiger charge is -2.26. The van der Waals surface area contributed by atoms with Crippen LogP contribution in [0.25, 0.3) is 0 Å². The predicted octanol–water partition coefficient (Wildman–Crippen LogP) is 1.90. The SMILES string of the molecule is O=C(c1ccccn1)N1CC[C@@H](O)[C@@H]1Cc1ccccc1. The van der Waals surface area contributed by atoms with Gasteiger partial charge in [-0.05, 0) is 30.5 Å². The number of likely N-dealkylation sites (tertiary alicyclic amines) is 1. The number of rotatable bonds is 3. The molecular formula is C17H18N2O2. The van der Waals surface area contributed by atoms with Crippen molar-refractivity contribution in [3.63, 3.8) is 0 Å². The summed E-state index contributed by atoms with van der Waals surface area (Å²) < 4.78 is 0. The van der Waals surface area contributed by atoms with Crippen LogP contribution >= 0.6 is 0 Å². The molecule has 0 radical (unpaired) electrons. The Bertz CT molecular complexity index is 601. The number of carbonyl (C=O) groups is 1. The van der Waals surface area contributed by atoms with Crippen LogP contribution in [-0.4, -0.2) is 39.6 Å². The molecule has 4 heteroatoms. The number of hydrogen-bond acceptors (Lipinski definition) is 3. The molecule has 0 saturated carbocycles. The lowest BCUT2D eigenvalue weighted by molar-refractivity contribution is 0.0634. The lowest BCUT2D eigenvalue weighted by atomic mass is 10.0. The highest BCUT2D eigenvalue weighted by Crippen LogP contribution is 2.23. The number of aromatic nitrogens is 1. The summed E-state index contributed by atoms with van der Waals surface area (Å²) in [5.74, 6) is -0.104. The molecule has 108 valence electrons. The van der Waals surface area contributed by atoms with Crippen molar-refractivity contribution in [3.8, 4) is 0 Å². The van der Waals surface area contributed by atoms with E-state index in [4.69, 9.17) is 0 Å². The van der Waals surface area contributed by atoms with Crippen LogP contribution in [0.1, 0.15) is 22.5 Å². The minimum absolute atomic E-state index is 0.104. The van der Waals surface area contributed by atoms with E-state index >= 15 is 0 Å². The largest absolute Gasteiger partial charge is 0.391 e. The maximum atomic E-state index is 12.5. The van der Waals surface area contributed by atoms with Crippen LogP contribution < -0.4 is 0 Å². The molecule has 1 fully saturated rings. The van der Waals surface area contributed by atoms with Crippen LogP contribution in [0.15, 0.2) is 54.7 Å². The van der Waals surface area contributed by atoms with Crippen LogP contribution in [-0.2, 0) is 6.42 Å². The minimum atomic E-state index is -0.474. The summed E-state index contributed by atoms with van der Waals surface area (Å²) in [7, 11) is 0. The first-order valence-corrected chi connectivity index (χ1v) is 7.19. The van der Waals surface area contributed by atoms with Gasteiger partial charge in [0.15, 0.2) is 0 Å². The zero-order chi connectivity index (χ0) is 14.7. The fourth-order valence-corrected chi connectivity index (χ4v) is 2.83. The Hall–Kier alpha value is -2.20. The van der Waals surface area contributed by atoms with E-state index < -0.39 is 6.10 Å². The van der Waals surface area contributed by atoms with Gasteiger partial charge >= 0.3 is 0 Å². The van der Waals surface area contributed by atoms with E-state index in [1.807, 2.05) is 30.3 Å². The number of aliphatic hydroxyl groups excluding tert-OH is 1. The summed E-state index contributed by atoms with van der Waals surface area (Å²) in [5, 5.41) is 10.2. The van der Waals surface area contributed by atoms with E-state index in [0.29, 0.717) is 25.1 Å². The maximum absolute atomic E-state index is 12.5. The summed E-state index contributed by atoms with van der Waals surface area (Å²) in [6.45, 7) is 0.577. The zero-order valence-electron chi connectivity index (χ0n) is 11.7. The maximum Gasteiger partial charge on any atom is 0.272 e. The topological polar surface area (TPSA) is 53.4 Å². The monoisotopic (exact) mass is 282 g/mol. The number of nitrogens with zero attached hydrogens (tertiary/aromatic N) is 2. The van der Waals surface area contributed by atoms with Crippen LogP contribution in [0.3, 0.4) is 0 Å². The first kappa shape index (κ1) is 13.8. The number of carbonyl (C=O) groups excluding carboxylic acids is 1. The number of aliphatic hydroxyl groups is 1. The van der Waals surface area contributed by atoms with Crippen molar-refractivity contribution in [1.29, 1.82) is 0 Å². The Morgan fingerprint density at radius 2 is 1.95 bits per heavy atom. The van der Waals surface area contributed by atoms with Crippen molar-refractivity contribution < 1.29 is 9.90 Å². The normalized spacial score (nSPS) is 21.5. The van der Waals surface area contributed by atoms with Gasteiger partial charge in [-0.25, -0.2) is 0 Å². The summed E-state index contributed by atoms with van der Waals surface area (Å²) in [6, 6.07) is 15.1. The quantitative estimate of drug-likeness (QED) is 0.935. The number of hydrogen-bond donors (Lipinski definition) is 1. The Morgan fingerprint density at radius 1 is 1.19 bits per heavy atom. The van der Waals surface area contributed by atoms with Gasteiger partial charge in [-0.15, -0.1) is 0 Å². The van der Waals surface area contributed by atoms with Gasteiger partial charge < -0.3 is 10.0 Å². The molecule has 1 aromatic carbocycles. The van der Waals surface area contributed by atoms with Gasteiger partial charge in [0.2, 0.25) is 0 Å². The number of amides is 1. The Kier molecular flexibility index (Phi) is 3.97. The van der Waals surface area contributed by atoms with Crippen LogP contribution in [0, 0.1) is 0 Å². The van der Waals surface area contributed by atoms with Crippen molar-refractivity contribution in [1.82, 2.24) is 9.88 Å². The average molecular weight is 282 g/mol. The standard InChI is InChI=1S/C17H18N2O2/c20-16-9-11-19(17(21)14-8-4-5-10-18-14)15(16)12-13-6-2-1-3-7-13/h1-8,10,15-16,20H,9,11-12H2/t15-,16+/m0/s1. The fraction of sp³-hybridized carbons (Fsp3) is 0.294. The second kappa shape index (κ2) is 6.06. The molecule has 2 aromatic rings. The summed E-state index contributed by atoms with van der Waals surface area (Å²) in [4.78, 5) is 18.4. The highest BCUT2D eigenvalue weighted by Gasteiger charge is 2.36. The molecule has 0 unspecified atom stereocenters. The summed E-state index contributed by atoms with van der Waals surface area (Å²) in [5.41, 5.74) is 1.56. The van der Waals surface area contributed by atoms with Gasteiger partial charge in [0.25, 0.3) is 5.91 Å². The molecule has 1 N–H and O–H groups in total. The molecule has 21 heavy (non-hydrogen) atoms. The molecule has 1 aliphatic heterocycles. The van der Waals surface area contributed by atoms with Crippen molar-refractivity contribution >= 4 is 5.91 Å². The second-order valence-electron chi connectivity index (χ2n) is 5.33. The third-order valence-electron chi connectivity index (χ3n) is 3.94. The lowest BCUT2D eigenvalue weighted by Crippen LogP contribution is -2.41. The van der Waals surface area contributed by atoms with E-state index in [2.05, 4.69) is 4.98 Å². The summed E-state index contributed by atoms with van der Waals surface area (Å²) >= 11 is 0. The van der Waals surface area contributed by atoms with E-state index in [1.54, 1.807) is 29.3 Å². The van der Waals surface area contributed by atoms with Crippen molar-refractivity contribution in [3.05, 3.63) is 66.0 Å². The molecule has 0 aliphatic carbocycles. The molecule has 0 bridgehead atoms. The van der Waals surface area contributed by atoms with Crippen molar-refractivity contribution in [2.45, 2.75) is 25.0 Å². The van der Waals surface area contributed by atoms with Crippen molar-refractivity contribution in [2.24, 2.45) is 0 Å². The Balaban J connectivity index is 1.79. The van der Waals surface area contributed by atoms with Crippen molar-refractivity contribution in [2.75, 3.05) is 6.54 Å². The molecule has 2 atom stereocenters. The first-order valence-electron chi connectivity index (χ1n) is 7.19. The fourth-order valence-electron chi connectivity index (χ4n) is 2.83. The molecule has 1 amide bonds. The molecule has 3 rings (SSSR count). The Labute approximate surface area is 124 Å². The van der Waals surface area contributed by atoms with Crippen LogP contribution in [0.4, 0.5) is 0 Å². The van der Waals surface area contributed by atoms with Gasteiger partial charge in [-0.1, -0.05) is 36.4 Å². The highest BCUT2D eigenvalue weighted by atomic mass is 16.3. The van der Waals surface area contributed by atoms with E-state index in [0.717, 1.165) is 5.56 Å². The van der Waals surface area contributed by atoms with E-state index in [1.165, 1.54) is 0 Å². The van der Waals surface area contributed by atoms with E-state index in [-0.39, 0.29) is 11.9 Å². The first-order chi connectivity index (χ1) is 10.3. The molecule has 2 heterocycles. The average Bonchev–Trinajstić information content (AvgIpc) is 2.90. The van der Waals surface area contributed by atoms with Gasteiger partial charge in [0, 0.05) is 12.7 Å². The van der Waals surface area contributed by atoms with Crippen LogP contribution in [0.5, 0.6) is 0 Å². The Morgan fingerprint density at radius 3 is 2.67 bits per heavy atom. The molecule has 1 aromatic heterocycles. The molecule has 4 nitrogen and oxygen atoms in total. The van der Waals surface area contributed by atoms with Gasteiger partial charge in [-0.3, -0.25) is 9.78 Å². The van der Waals surface area contributed by atoms with E-state index in [9.17, 15) is 9.90 Å². The molecule has 0 spiro atoms. The van der Waals surface area contributed by atoms with Crippen LogP contribution in [0.2, 0.25) is 0 Å². The van der Waals surface area contributed by atoms with Gasteiger partial charge in [-0.2, -0.15) is 0 Å². The third kappa shape index (κ3) is 2.95. The summed E-state index contributed by atoms with van der Waals surface area (Å²) in [6.07, 6.45) is 2.43. The number of pyridine rings is 1. The minimum Gasteiger partial charge on any atom is -0.391 e. The smallest absolute Gasteiger partial charge is 0.272 e. The predicted molar refractivity (Wildman–Crippen MR) is 79.8 cm³/mol. The highest BCUT2D eigenvalue weighted by molar-refractivity contribution is 5.92. The zero-order valence-corrected chi connectivity index (χ0v) is 11.7. The molecule has 1 aliphatic rings. The third-order valence-corrected chi connectivity index (χ3v) is 3.94. The van der Waals surface area contributed by atoms with Gasteiger partial charge in [0.1, 0.15) is 5.69 Å².